The number of hydrogen-bond acceptors (Lipinski definition) is 3. The van der Waals surface area contributed by atoms with E-state index in [1.807, 2.05) is 13.0 Å². The second-order valence-electron chi connectivity index (χ2n) is 5.02. The molecule has 1 aliphatic carbocycles. The van der Waals surface area contributed by atoms with Crippen LogP contribution in [-0.2, 0) is 6.42 Å². The molecule has 2 N–H and O–H groups in total. The summed E-state index contributed by atoms with van der Waals surface area (Å²) in [7, 11) is 0. The molecule has 3 heteroatoms. The van der Waals surface area contributed by atoms with Crippen LogP contribution in [0.1, 0.15) is 43.9 Å². The average molecular weight is 249 g/mol. The molecule has 2 rings (SSSR count). The summed E-state index contributed by atoms with van der Waals surface area (Å²) in [5.41, 5.74) is 2.79. The molecule has 0 amide bonds. The molecular formula is C15H23NO2. The number of aliphatic hydroxyl groups is 1. The molecule has 0 saturated carbocycles. The molecule has 1 aliphatic rings. The minimum atomic E-state index is -0.140. The lowest BCUT2D eigenvalue weighted by molar-refractivity contribution is 0.129. The maximum absolute atomic E-state index is 8.99. The quantitative estimate of drug-likeness (QED) is 0.813. The Hall–Kier alpha value is -1.06. The molecule has 3 nitrogen and oxygen atoms in total. The van der Waals surface area contributed by atoms with Crippen LogP contribution in [0.15, 0.2) is 18.2 Å². The van der Waals surface area contributed by atoms with Gasteiger partial charge in [0, 0.05) is 6.04 Å². The molecule has 1 aromatic carbocycles. The molecular weight excluding hydrogens is 226 g/mol. The number of hydrogen-bond donors (Lipinski definition) is 2. The van der Waals surface area contributed by atoms with E-state index >= 15 is 0 Å². The zero-order chi connectivity index (χ0) is 13.0. The first kappa shape index (κ1) is 13.4. The topological polar surface area (TPSA) is 41.5 Å². The number of rotatable bonds is 6. The van der Waals surface area contributed by atoms with Gasteiger partial charge in [-0.25, -0.2) is 0 Å². The third-order valence-corrected chi connectivity index (χ3v) is 3.43. The van der Waals surface area contributed by atoms with Crippen molar-refractivity contribution >= 4 is 0 Å². The van der Waals surface area contributed by atoms with Gasteiger partial charge in [0.15, 0.2) is 0 Å². The van der Waals surface area contributed by atoms with E-state index in [0.29, 0.717) is 6.04 Å². The van der Waals surface area contributed by atoms with Gasteiger partial charge in [-0.1, -0.05) is 13.0 Å². The minimum Gasteiger partial charge on any atom is -0.488 e. The molecule has 100 valence electrons. The van der Waals surface area contributed by atoms with E-state index in [1.54, 1.807) is 0 Å². The van der Waals surface area contributed by atoms with Crippen molar-refractivity contribution in [1.29, 1.82) is 0 Å². The number of fused-ring (bicyclic) bond motifs is 1. The zero-order valence-electron chi connectivity index (χ0n) is 11.3. The van der Waals surface area contributed by atoms with Gasteiger partial charge < -0.3 is 15.2 Å². The van der Waals surface area contributed by atoms with Crippen LogP contribution < -0.4 is 10.1 Å². The fourth-order valence-electron chi connectivity index (χ4n) is 2.47. The largest absolute Gasteiger partial charge is 0.488 e. The lowest BCUT2D eigenvalue weighted by atomic mass is 10.1. The molecule has 0 saturated heterocycles. The predicted octanol–water partition coefficient (Wildman–Crippen LogP) is 2.43. The Balaban J connectivity index is 2.05. The second-order valence-corrected chi connectivity index (χ2v) is 5.02. The van der Waals surface area contributed by atoms with Crippen LogP contribution in [0.25, 0.3) is 0 Å². The SMILES string of the molecule is CCCNC1CCc2cc(OC(C)CO)ccc21. The number of ether oxygens (including phenoxy) is 1. The van der Waals surface area contributed by atoms with Crippen molar-refractivity contribution in [2.45, 2.75) is 45.3 Å². The molecule has 2 unspecified atom stereocenters. The lowest BCUT2D eigenvalue weighted by Crippen LogP contribution is -2.19. The number of nitrogens with one attached hydrogen (secondary N) is 1. The molecule has 0 aromatic heterocycles. The van der Waals surface area contributed by atoms with E-state index in [0.717, 1.165) is 18.7 Å². The van der Waals surface area contributed by atoms with Crippen LogP contribution in [0.4, 0.5) is 0 Å². The van der Waals surface area contributed by atoms with Crippen molar-refractivity contribution < 1.29 is 9.84 Å². The van der Waals surface area contributed by atoms with Crippen LogP contribution >= 0.6 is 0 Å². The van der Waals surface area contributed by atoms with Crippen molar-refractivity contribution in [2.24, 2.45) is 0 Å². The maximum Gasteiger partial charge on any atom is 0.120 e. The van der Waals surface area contributed by atoms with Crippen molar-refractivity contribution in [1.82, 2.24) is 5.32 Å². The summed E-state index contributed by atoms with van der Waals surface area (Å²) in [6.07, 6.45) is 3.31. The van der Waals surface area contributed by atoms with E-state index in [4.69, 9.17) is 9.84 Å². The third kappa shape index (κ3) is 3.03. The fraction of sp³-hybridized carbons (Fsp3) is 0.600. The summed E-state index contributed by atoms with van der Waals surface area (Å²) in [4.78, 5) is 0. The van der Waals surface area contributed by atoms with Gasteiger partial charge in [0.25, 0.3) is 0 Å². The minimum absolute atomic E-state index is 0.0533. The number of aryl methyl sites for hydroxylation is 1. The molecule has 0 spiro atoms. The highest BCUT2D eigenvalue weighted by Gasteiger charge is 2.22. The highest BCUT2D eigenvalue weighted by Crippen LogP contribution is 2.33. The Kier molecular flexibility index (Phi) is 4.61. The number of benzene rings is 1. The van der Waals surface area contributed by atoms with Crippen molar-refractivity contribution in [3.8, 4) is 5.75 Å². The Morgan fingerprint density at radius 2 is 2.33 bits per heavy atom. The summed E-state index contributed by atoms with van der Waals surface area (Å²) in [5, 5.41) is 12.6. The average Bonchev–Trinajstić information content (AvgIpc) is 2.78. The Morgan fingerprint density at radius 1 is 1.50 bits per heavy atom. The van der Waals surface area contributed by atoms with Gasteiger partial charge in [0.2, 0.25) is 0 Å². The van der Waals surface area contributed by atoms with Gasteiger partial charge >= 0.3 is 0 Å². The molecule has 0 radical (unpaired) electrons. The van der Waals surface area contributed by atoms with Gasteiger partial charge in [0.1, 0.15) is 11.9 Å². The second kappa shape index (κ2) is 6.21. The molecule has 2 atom stereocenters. The van der Waals surface area contributed by atoms with E-state index in [-0.39, 0.29) is 12.7 Å². The smallest absolute Gasteiger partial charge is 0.120 e. The maximum atomic E-state index is 8.99. The molecule has 0 aliphatic heterocycles. The summed E-state index contributed by atoms with van der Waals surface area (Å²) < 4.78 is 5.63. The van der Waals surface area contributed by atoms with Crippen LogP contribution in [0, 0.1) is 0 Å². The van der Waals surface area contributed by atoms with Crippen LogP contribution in [-0.4, -0.2) is 24.4 Å². The third-order valence-electron chi connectivity index (χ3n) is 3.43. The van der Waals surface area contributed by atoms with Crippen molar-refractivity contribution in [3.63, 3.8) is 0 Å². The van der Waals surface area contributed by atoms with Gasteiger partial charge in [-0.3, -0.25) is 0 Å². The van der Waals surface area contributed by atoms with E-state index in [1.165, 1.54) is 24.0 Å². The monoisotopic (exact) mass is 249 g/mol. The Labute approximate surface area is 109 Å². The van der Waals surface area contributed by atoms with Gasteiger partial charge in [-0.15, -0.1) is 0 Å². The van der Waals surface area contributed by atoms with Gasteiger partial charge in [0.05, 0.1) is 6.61 Å². The molecule has 0 bridgehead atoms. The summed E-state index contributed by atoms with van der Waals surface area (Å²) in [5.74, 6) is 0.867. The van der Waals surface area contributed by atoms with Crippen molar-refractivity contribution in [2.75, 3.05) is 13.2 Å². The van der Waals surface area contributed by atoms with E-state index < -0.39 is 0 Å². The first-order valence-electron chi connectivity index (χ1n) is 6.88. The molecule has 0 fully saturated rings. The Bertz CT molecular complexity index is 392. The van der Waals surface area contributed by atoms with Crippen molar-refractivity contribution in [3.05, 3.63) is 29.3 Å². The van der Waals surface area contributed by atoms with Gasteiger partial charge in [-0.05, 0) is 56.0 Å². The predicted molar refractivity (Wildman–Crippen MR) is 73.0 cm³/mol. The normalized spacial score (nSPS) is 19.6. The molecule has 18 heavy (non-hydrogen) atoms. The van der Waals surface area contributed by atoms with E-state index in [2.05, 4.69) is 24.4 Å². The van der Waals surface area contributed by atoms with Crippen LogP contribution in [0.5, 0.6) is 5.75 Å². The van der Waals surface area contributed by atoms with Crippen LogP contribution in [0.3, 0.4) is 0 Å². The fourth-order valence-corrected chi connectivity index (χ4v) is 2.47. The zero-order valence-corrected chi connectivity index (χ0v) is 11.3. The van der Waals surface area contributed by atoms with E-state index in [9.17, 15) is 0 Å². The molecule has 0 heterocycles. The highest BCUT2D eigenvalue weighted by molar-refractivity contribution is 5.40. The Morgan fingerprint density at radius 3 is 3.06 bits per heavy atom. The highest BCUT2D eigenvalue weighted by atomic mass is 16.5. The number of aliphatic hydroxyl groups excluding tert-OH is 1. The first-order chi connectivity index (χ1) is 8.74. The summed E-state index contributed by atoms with van der Waals surface area (Å²) in [6, 6.07) is 6.80. The summed E-state index contributed by atoms with van der Waals surface area (Å²) in [6.45, 7) is 5.19. The lowest BCUT2D eigenvalue weighted by Gasteiger charge is -2.15. The summed E-state index contributed by atoms with van der Waals surface area (Å²) >= 11 is 0. The first-order valence-corrected chi connectivity index (χ1v) is 6.88. The molecule has 1 aromatic rings. The van der Waals surface area contributed by atoms with Crippen LogP contribution in [0.2, 0.25) is 0 Å². The van der Waals surface area contributed by atoms with Gasteiger partial charge in [-0.2, -0.15) is 0 Å². The standard InChI is InChI=1S/C15H23NO2/c1-3-8-16-15-7-4-12-9-13(5-6-14(12)15)18-11(2)10-17/h5-6,9,11,15-17H,3-4,7-8,10H2,1-2H3.